The third-order valence-corrected chi connectivity index (χ3v) is 3.86. The molecular weight excluding hydrogens is 292 g/mol. The van der Waals surface area contributed by atoms with E-state index in [9.17, 15) is 4.79 Å². The van der Waals surface area contributed by atoms with Crippen LogP contribution in [-0.4, -0.2) is 21.6 Å². The molecule has 0 saturated carbocycles. The molecular formula is C13H10N4OS2. The molecule has 3 N–H and O–H groups in total. The lowest BCUT2D eigenvalue weighted by Gasteiger charge is -2.05. The van der Waals surface area contributed by atoms with E-state index in [1.807, 2.05) is 18.2 Å². The predicted molar refractivity (Wildman–Crippen MR) is 85.6 cm³/mol. The standard InChI is InChI=1S/C13H10N4OS2/c18-7-9-6-11(17-16-9)14-13(19)15-12-5-8-3-1-2-4-10(8)20-12/h1-7H,(H3,14,15,16,17,19). The molecule has 0 amide bonds. The van der Waals surface area contributed by atoms with Crippen molar-refractivity contribution in [3.05, 3.63) is 42.1 Å². The molecule has 0 atom stereocenters. The van der Waals surface area contributed by atoms with Crippen LogP contribution in [0, 0.1) is 0 Å². The summed E-state index contributed by atoms with van der Waals surface area (Å²) in [7, 11) is 0. The summed E-state index contributed by atoms with van der Waals surface area (Å²) in [6.07, 6.45) is 0.695. The van der Waals surface area contributed by atoms with E-state index < -0.39 is 0 Å². The quantitative estimate of drug-likeness (QED) is 0.512. The number of aromatic nitrogens is 2. The Morgan fingerprint density at radius 1 is 1.30 bits per heavy atom. The minimum Gasteiger partial charge on any atom is -0.324 e. The van der Waals surface area contributed by atoms with Crippen LogP contribution in [0.4, 0.5) is 10.8 Å². The number of H-pyrrole nitrogens is 1. The van der Waals surface area contributed by atoms with Gasteiger partial charge in [-0.15, -0.1) is 11.3 Å². The van der Waals surface area contributed by atoms with Crippen LogP contribution in [0.5, 0.6) is 0 Å². The molecule has 7 heteroatoms. The van der Waals surface area contributed by atoms with E-state index >= 15 is 0 Å². The number of anilines is 2. The highest BCUT2D eigenvalue weighted by molar-refractivity contribution is 7.80. The van der Waals surface area contributed by atoms with Gasteiger partial charge in [0.25, 0.3) is 0 Å². The van der Waals surface area contributed by atoms with E-state index in [1.165, 1.54) is 10.1 Å². The molecule has 0 aliphatic rings. The summed E-state index contributed by atoms with van der Waals surface area (Å²) in [5.74, 6) is 0.505. The molecule has 0 aliphatic heterocycles. The molecule has 0 saturated heterocycles. The molecule has 0 unspecified atom stereocenters. The van der Waals surface area contributed by atoms with E-state index in [-0.39, 0.29) is 0 Å². The number of rotatable bonds is 3. The second-order valence-electron chi connectivity index (χ2n) is 4.05. The summed E-state index contributed by atoms with van der Waals surface area (Å²) < 4.78 is 1.20. The lowest BCUT2D eigenvalue weighted by molar-refractivity contribution is 0.111. The van der Waals surface area contributed by atoms with Crippen LogP contribution in [-0.2, 0) is 0 Å². The Labute approximate surface area is 124 Å². The van der Waals surface area contributed by atoms with Crippen LogP contribution in [0.15, 0.2) is 36.4 Å². The average Bonchev–Trinajstić information content (AvgIpc) is 3.04. The predicted octanol–water partition coefficient (Wildman–Crippen LogP) is 3.25. The number of nitrogens with zero attached hydrogens (tertiary/aromatic N) is 1. The molecule has 0 spiro atoms. The van der Waals surface area contributed by atoms with Crippen molar-refractivity contribution in [2.45, 2.75) is 0 Å². The zero-order valence-corrected chi connectivity index (χ0v) is 11.8. The number of nitrogens with one attached hydrogen (secondary N) is 3. The van der Waals surface area contributed by atoms with Gasteiger partial charge in [0.1, 0.15) is 0 Å². The zero-order chi connectivity index (χ0) is 13.9. The highest BCUT2D eigenvalue weighted by Gasteiger charge is 2.05. The van der Waals surface area contributed by atoms with Gasteiger partial charge in [0.2, 0.25) is 0 Å². The molecule has 0 radical (unpaired) electrons. The van der Waals surface area contributed by atoms with Gasteiger partial charge in [0.05, 0.1) is 10.7 Å². The van der Waals surface area contributed by atoms with Crippen molar-refractivity contribution in [1.82, 2.24) is 10.2 Å². The first-order chi connectivity index (χ1) is 9.74. The van der Waals surface area contributed by atoms with E-state index in [0.29, 0.717) is 22.9 Å². The fourth-order valence-corrected chi connectivity index (χ4v) is 3.01. The molecule has 20 heavy (non-hydrogen) atoms. The molecule has 5 nitrogen and oxygen atoms in total. The van der Waals surface area contributed by atoms with Gasteiger partial charge in [0.15, 0.2) is 17.2 Å². The summed E-state index contributed by atoms with van der Waals surface area (Å²) in [6, 6.07) is 11.7. The van der Waals surface area contributed by atoms with Crippen molar-refractivity contribution in [1.29, 1.82) is 0 Å². The number of benzene rings is 1. The largest absolute Gasteiger partial charge is 0.324 e. The molecule has 3 rings (SSSR count). The Morgan fingerprint density at radius 3 is 2.90 bits per heavy atom. The SMILES string of the molecule is O=Cc1cc(NC(=S)Nc2cc3ccccc3s2)n[nH]1. The van der Waals surface area contributed by atoms with Crippen molar-refractivity contribution in [3.8, 4) is 0 Å². The first-order valence-electron chi connectivity index (χ1n) is 5.82. The first-order valence-corrected chi connectivity index (χ1v) is 7.04. The van der Waals surface area contributed by atoms with Crippen LogP contribution in [0.2, 0.25) is 0 Å². The summed E-state index contributed by atoms with van der Waals surface area (Å²) in [4.78, 5) is 10.6. The number of fused-ring (bicyclic) bond motifs is 1. The van der Waals surface area contributed by atoms with Gasteiger partial charge in [-0.25, -0.2) is 0 Å². The van der Waals surface area contributed by atoms with Gasteiger partial charge in [-0.1, -0.05) is 18.2 Å². The van der Waals surface area contributed by atoms with Gasteiger partial charge in [-0.2, -0.15) is 5.10 Å². The van der Waals surface area contributed by atoms with Crippen molar-refractivity contribution in [2.24, 2.45) is 0 Å². The number of carbonyl (C=O) groups excluding carboxylic acids is 1. The molecule has 0 bridgehead atoms. The number of aromatic amines is 1. The van der Waals surface area contributed by atoms with E-state index in [0.717, 1.165) is 5.00 Å². The average molecular weight is 302 g/mol. The maximum Gasteiger partial charge on any atom is 0.177 e. The summed E-state index contributed by atoms with van der Waals surface area (Å²) in [5, 5.41) is 15.1. The fraction of sp³-hybridized carbons (Fsp3) is 0. The third kappa shape index (κ3) is 2.68. The second kappa shape index (κ2) is 5.40. The summed E-state index contributed by atoms with van der Waals surface area (Å²) in [6.45, 7) is 0. The summed E-state index contributed by atoms with van der Waals surface area (Å²) >= 11 is 6.83. The molecule has 2 aromatic heterocycles. The van der Waals surface area contributed by atoms with Gasteiger partial charge >= 0.3 is 0 Å². The molecule has 100 valence electrons. The lowest BCUT2D eigenvalue weighted by Crippen LogP contribution is -2.18. The van der Waals surface area contributed by atoms with Gasteiger partial charge in [-0.05, 0) is 29.7 Å². The van der Waals surface area contributed by atoms with Crippen LogP contribution in [0.1, 0.15) is 10.5 Å². The Balaban J connectivity index is 1.70. The number of thiophene rings is 1. The third-order valence-electron chi connectivity index (χ3n) is 2.63. The maximum absolute atomic E-state index is 10.6. The van der Waals surface area contributed by atoms with Crippen molar-refractivity contribution in [2.75, 3.05) is 10.6 Å². The minimum atomic E-state index is 0.400. The van der Waals surface area contributed by atoms with Crippen LogP contribution >= 0.6 is 23.6 Å². The van der Waals surface area contributed by atoms with Crippen LogP contribution < -0.4 is 10.6 Å². The van der Waals surface area contributed by atoms with Crippen molar-refractivity contribution >= 4 is 55.9 Å². The van der Waals surface area contributed by atoms with Gasteiger partial charge in [0, 0.05) is 10.8 Å². The molecule has 2 heterocycles. The van der Waals surface area contributed by atoms with Crippen molar-refractivity contribution < 1.29 is 4.79 Å². The lowest BCUT2D eigenvalue weighted by atomic mass is 10.3. The second-order valence-corrected chi connectivity index (χ2v) is 5.55. The normalized spacial score (nSPS) is 10.4. The van der Waals surface area contributed by atoms with Gasteiger partial charge < -0.3 is 10.6 Å². The molecule has 1 aromatic carbocycles. The monoisotopic (exact) mass is 302 g/mol. The van der Waals surface area contributed by atoms with Crippen LogP contribution in [0.3, 0.4) is 0 Å². The number of hydrogen-bond acceptors (Lipinski definition) is 4. The molecule has 0 aliphatic carbocycles. The maximum atomic E-state index is 10.6. The van der Waals surface area contributed by atoms with E-state index in [4.69, 9.17) is 12.2 Å². The van der Waals surface area contributed by atoms with Crippen molar-refractivity contribution in [3.63, 3.8) is 0 Å². The first kappa shape index (κ1) is 12.8. The summed E-state index contributed by atoms with van der Waals surface area (Å²) in [5.41, 5.74) is 0.400. The van der Waals surface area contributed by atoms with Gasteiger partial charge in [-0.3, -0.25) is 9.89 Å². The van der Waals surface area contributed by atoms with Crippen LogP contribution in [0.25, 0.3) is 10.1 Å². The smallest absolute Gasteiger partial charge is 0.177 e. The Hall–Kier alpha value is -2.25. The number of hydrogen-bond donors (Lipinski definition) is 3. The zero-order valence-electron chi connectivity index (χ0n) is 10.2. The number of aldehydes is 1. The Kier molecular flexibility index (Phi) is 3.44. The van der Waals surface area contributed by atoms with E-state index in [1.54, 1.807) is 17.4 Å². The Bertz CT molecular complexity index is 744. The number of thiocarbonyl (C=S) groups is 1. The minimum absolute atomic E-state index is 0.400. The fourth-order valence-electron chi connectivity index (χ4n) is 1.76. The van der Waals surface area contributed by atoms with E-state index in [2.05, 4.69) is 33.0 Å². The molecule has 0 fully saturated rings. The molecule has 3 aromatic rings. The highest BCUT2D eigenvalue weighted by Crippen LogP contribution is 2.29. The Morgan fingerprint density at radius 2 is 2.15 bits per heavy atom. The number of carbonyl (C=O) groups is 1. The topological polar surface area (TPSA) is 69.8 Å². The highest BCUT2D eigenvalue weighted by atomic mass is 32.1.